The lowest BCUT2D eigenvalue weighted by Gasteiger charge is -2.09. The summed E-state index contributed by atoms with van der Waals surface area (Å²) >= 11 is 0. The molecule has 7 heteroatoms. The van der Waals surface area contributed by atoms with Crippen LogP contribution in [0.25, 0.3) is 0 Å². The zero-order chi connectivity index (χ0) is 18.9. The van der Waals surface area contributed by atoms with Crippen LogP contribution in [0.2, 0.25) is 0 Å². The number of ether oxygens (including phenoxy) is 1. The van der Waals surface area contributed by atoms with Gasteiger partial charge < -0.3 is 4.74 Å². The highest BCUT2D eigenvalue weighted by Gasteiger charge is 2.77. The number of halogens is 1. The van der Waals surface area contributed by atoms with Gasteiger partial charge in [-0.3, -0.25) is 4.79 Å². The Hall–Kier alpha value is -2.72. The molecule has 0 saturated heterocycles. The van der Waals surface area contributed by atoms with Crippen LogP contribution in [-0.2, 0) is 19.4 Å². The predicted octanol–water partition coefficient (Wildman–Crippen LogP) is 2.84. The van der Waals surface area contributed by atoms with E-state index in [2.05, 4.69) is 0 Å². The van der Waals surface area contributed by atoms with Gasteiger partial charge in [-0.1, -0.05) is 30.3 Å². The molecule has 1 saturated carbocycles. The highest BCUT2D eigenvalue weighted by atomic mass is 32.2. The monoisotopic (exact) mass is 373 g/mol. The van der Waals surface area contributed by atoms with Crippen molar-refractivity contribution >= 4 is 15.8 Å². The van der Waals surface area contributed by atoms with E-state index >= 15 is 0 Å². The first-order chi connectivity index (χ1) is 12.4. The molecular formula is C19H16FNO4S. The first-order valence-electron chi connectivity index (χ1n) is 8.02. The van der Waals surface area contributed by atoms with E-state index in [1.165, 1.54) is 36.4 Å². The summed E-state index contributed by atoms with van der Waals surface area (Å²) in [5, 5.41) is 8.45. The number of esters is 1. The molecule has 0 bridgehead atoms. The van der Waals surface area contributed by atoms with Crippen LogP contribution in [0.3, 0.4) is 0 Å². The quantitative estimate of drug-likeness (QED) is 0.753. The predicted molar refractivity (Wildman–Crippen MR) is 91.2 cm³/mol. The first-order valence-corrected chi connectivity index (χ1v) is 9.57. The minimum atomic E-state index is -3.97. The number of rotatable bonds is 5. The number of hydrogen-bond donors (Lipinski definition) is 0. The number of hydrogen-bond acceptors (Lipinski definition) is 5. The zero-order valence-corrected chi connectivity index (χ0v) is 14.7. The summed E-state index contributed by atoms with van der Waals surface area (Å²) in [5.41, 5.74) is -1.44. The third-order valence-electron chi connectivity index (χ3n) is 4.57. The Balaban J connectivity index is 2.13. The van der Waals surface area contributed by atoms with Gasteiger partial charge in [0.05, 0.1) is 17.6 Å². The van der Waals surface area contributed by atoms with Crippen LogP contribution in [0.4, 0.5) is 4.39 Å². The van der Waals surface area contributed by atoms with Gasteiger partial charge in [0.15, 0.2) is 15.3 Å². The van der Waals surface area contributed by atoms with E-state index in [1.807, 2.05) is 6.07 Å². The molecule has 0 heterocycles. The molecule has 0 amide bonds. The van der Waals surface area contributed by atoms with Gasteiger partial charge >= 0.3 is 5.97 Å². The van der Waals surface area contributed by atoms with Crippen molar-refractivity contribution in [3.63, 3.8) is 0 Å². The normalized spacial score (nSPS) is 24.5. The Bertz CT molecular complexity index is 967. The molecule has 0 aliphatic heterocycles. The van der Waals surface area contributed by atoms with Crippen molar-refractivity contribution in [2.75, 3.05) is 6.61 Å². The maximum Gasteiger partial charge on any atom is 0.328 e. The molecular weight excluding hydrogens is 357 g/mol. The topological polar surface area (TPSA) is 84.2 Å². The maximum atomic E-state index is 13.2. The smallest absolute Gasteiger partial charge is 0.328 e. The van der Waals surface area contributed by atoms with Gasteiger partial charge in [0.1, 0.15) is 11.1 Å². The average molecular weight is 373 g/mol. The number of sulfone groups is 1. The van der Waals surface area contributed by atoms with Crippen LogP contribution in [0.1, 0.15) is 18.4 Å². The molecule has 3 rings (SSSR count). The van der Waals surface area contributed by atoms with Crippen LogP contribution in [0, 0.1) is 22.6 Å². The van der Waals surface area contributed by atoms with Gasteiger partial charge in [-0.15, -0.1) is 0 Å². The molecule has 1 fully saturated rings. The molecule has 1 aliphatic carbocycles. The molecule has 1 aliphatic rings. The summed E-state index contributed by atoms with van der Waals surface area (Å²) in [6.07, 6.45) is 0. The Morgan fingerprint density at radius 1 is 1.19 bits per heavy atom. The van der Waals surface area contributed by atoms with E-state index in [-0.39, 0.29) is 11.5 Å². The van der Waals surface area contributed by atoms with Gasteiger partial charge in [0, 0.05) is 5.92 Å². The van der Waals surface area contributed by atoms with E-state index in [1.54, 1.807) is 25.1 Å². The summed E-state index contributed by atoms with van der Waals surface area (Å²) in [4.78, 5) is 12.5. The second-order valence-electron chi connectivity index (χ2n) is 6.01. The number of nitriles is 1. The second-order valence-corrected chi connectivity index (χ2v) is 8.08. The van der Waals surface area contributed by atoms with Crippen molar-refractivity contribution in [2.45, 2.75) is 23.0 Å². The van der Waals surface area contributed by atoms with Crippen molar-refractivity contribution < 1.29 is 22.3 Å². The molecule has 3 atom stereocenters. The minimum Gasteiger partial charge on any atom is -0.465 e. The molecule has 0 radical (unpaired) electrons. The second kappa shape index (κ2) is 6.54. The highest BCUT2D eigenvalue weighted by molar-refractivity contribution is 7.92. The summed E-state index contributed by atoms with van der Waals surface area (Å²) in [6.45, 7) is 1.61. The summed E-state index contributed by atoms with van der Waals surface area (Å²) < 4.78 is 44.4. The number of nitrogens with zero attached hydrogens (tertiary/aromatic N) is 1. The van der Waals surface area contributed by atoms with Gasteiger partial charge in [-0.25, -0.2) is 12.8 Å². The number of carbonyl (C=O) groups is 1. The third-order valence-corrected chi connectivity index (χ3v) is 6.81. The molecule has 0 N–H and O–H groups in total. The Morgan fingerprint density at radius 2 is 1.81 bits per heavy atom. The van der Waals surface area contributed by atoms with Crippen LogP contribution in [0.5, 0.6) is 0 Å². The Morgan fingerprint density at radius 3 is 2.35 bits per heavy atom. The lowest BCUT2D eigenvalue weighted by atomic mass is 10.0. The molecule has 2 aromatic rings. The van der Waals surface area contributed by atoms with Crippen molar-refractivity contribution in [2.24, 2.45) is 5.41 Å². The van der Waals surface area contributed by atoms with Gasteiger partial charge in [0.25, 0.3) is 0 Å². The van der Waals surface area contributed by atoms with E-state index in [0.717, 1.165) is 0 Å². The van der Waals surface area contributed by atoms with Crippen LogP contribution in [0.15, 0.2) is 59.5 Å². The van der Waals surface area contributed by atoms with Crippen molar-refractivity contribution in [1.82, 2.24) is 0 Å². The third kappa shape index (κ3) is 2.67. The van der Waals surface area contributed by atoms with Crippen molar-refractivity contribution in [3.05, 3.63) is 66.0 Å². The SMILES string of the molecule is CCOC(=O)[C@]1(C#N)[C@@H](c2ccc(F)cc2)[C@@H]1S(=O)(=O)c1ccccc1. The number of carbonyl (C=O) groups excluding carboxylic acids is 1. The molecule has 134 valence electrons. The summed E-state index contributed by atoms with van der Waals surface area (Å²) in [5.74, 6) is -2.28. The van der Waals surface area contributed by atoms with E-state index in [4.69, 9.17) is 4.74 Å². The van der Waals surface area contributed by atoms with E-state index < -0.39 is 38.2 Å². The molecule has 0 spiro atoms. The highest BCUT2D eigenvalue weighted by Crippen LogP contribution is 2.64. The largest absolute Gasteiger partial charge is 0.465 e. The standard InChI is InChI=1S/C19H16FNO4S/c1-2-25-18(22)19(12-21)16(13-8-10-14(20)11-9-13)17(19)26(23,24)15-6-4-3-5-7-15/h3-11,16-17H,2H2,1H3/t16-,17-,19+/m0/s1. The van der Waals surface area contributed by atoms with Gasteiger partial charge in [-0.2, -0.15) is 5.26 Å². The molecule has 26 heavy (non-hydrogen) atoms. The van der Waals surface area contributed by atoms with Crippen LogP contribution >= 0.6 is 0 Å². The molecule has 5 nitrogen and oxygen atoms in total. The summed E-state index contributed by atoms with van der Waals surface area (Å²) in [7, 11) is -3.97. The maximum absolute atomic E-state index is 13.2. The molecule has 0 aromatic heterocycles. The average Bonchev–Trinajstić information content (AvgIpc) is 3.35. The van der Waals surface area contributed by atoms with Crippen LogP contribution < -0.4 is 0 Å². The number of benzene rings is 2. The molecule has 2 aromatic carbocycles. The lowest BCUT2D eigenvalue weighted by molar-refractivity contribution is -0.147. The van der Waals surface area contributed by atoms with Gasteiger partial charge in [-0.05, 0) is 36.8 Å². The van der Waals surface area contributed by atoms with Crippen LogP contribution in [-0.4, -0.2) is 26.2 Å². The molecule has 0 unspecified atom stereocenters. The van der Waals surface area contributed by atoms with Crippen molar-refractivity contribution in [3.8, 4) is 6.07 Å². The lowest BCUT2D eigenvalue weighted by Crippen LogP contribution is -2.25. The van der Waals surface area contributed by atoms with Gasteiger partial charge in [0.2, 0.25) is 0 Å². The van der Waals surface area contributed by atoms with E-state index in [0.29, 0.717) is 5.56 Å². The minimum absolute atomic E-state index is 0.0243. The fourth-order valence-electron chi connectivity index (χ4n) is 3.32. The Kier molecular flexibility index (Phi) is 4.55. The Labute approximate surface area is 150 Å². The zero-order valence-electron chi connectivity index (χ0n) is 13.9. The fourth-order valence-corrected chi connectivity index (χ4v) is 5.58. The summed E-state index contributed by atoms with van der Waals surface area (Å²) in [6, 6.07) is 14.7. The van der Waals surface area contributed by atoms with Crippen molar-refractivity contribution in [1.29, 1.82) is 5.26 Å². The van der Waals surface area contributed by atoms with E-state index in [9.17, 15) is 22.9 Å². The first kappa shape index (κ1) is 18.1. The fraction of sp³-hybridized carbons (Fsp3) is 0.263.